The number of hydrogen-bond donors (Lipinski definition) is 1. The molecule has 24 heavy (non-hydrogen) atoms. The molecule has 0 amide bonds. The third-order valence-electron chi connectivity index (χ3n) is 3.51. The number of fused-ring (bicyclic) bond motifs is 1. The summed E-state index contributed by atoms with van der Waals surface area (Å²) in [5.41, 5.74) is -5.69. The Morgan fingerprint density at radius 1 is 1.12 bits per heavy atom. The van der Waals surface area contributed by atoms with Crippen LogP contribution in [0.4, 0.5) is 18.9 Å². The summed E-state index contributed by atoms with van der Waals surface area (Å²) in [6.45, 7) is 0. The minimum atomic E-state index is -5.15. The second kappa shape index (κ2) is 5.69. The van der Waals surface area contributed by atoms with Gasteiger partial charge in [0.15, 0.2) is 5.71 Å². The van der Waals surface area contributed by atoms with E-state index in [9.17, 15) is 27.9 Å². The number of carbonyl (C=O) groups is 2. The Balaban J connectivity index is 2.96. The Morgan fingerprint density at radius 3 is 2.08 bits per heavy atom. The summed E-state index contributed by atoms with van der Waals surface area (Å²) in [5.74, 6) is -3.86. The number of esters is 2. The number of phenolic OH excluding ortho intramolecular Hbond substituents is 1. The molecule has 0 saturated carbocycles. The molecule has 1 aliphatic heterocycles. The van der Waals surface area contributed by atoms with Crippen LogP contribution in [0.1, 0.15) is 5.56 Å². The summed E-state index contributed by atoms with van der Waals surface area (Å²) >= 11 is 0. The highest BCUT2D eigenvalue weighted by Gasteiger charge is 2.66. The first kappa shape index (κ1) is 17.6. The maximum atomic E-state index is 13.5. The normalized spacial score (nSPS) is 15.3. The van der Waals surface area contributed by atoms with E-state index in [0.717, 1.165) is 33.5 Å². The van der Waals surface area contributed by atoms with Crippen LogP contribution in [0.3, 0.4) is 0 Å². The minimum absolute atomic E-state index is 0.249. The first-order chi connectivity index (χ1) is 11.1. The molecule has 0 aromatic heterocycles. The van der Waals surface area contributed by atoms with Crippen LogP contribution in [-0.4, -0.2) is 50.3 Å². The van der Waals surface area contributed by atoms with Gasteiger partial charge < -0.3 is 19.3 Å². The third-order valence-corrected chi connectivity index (χ3v) is 3.51. The number of phenols is 1. The van der Waals surface area contributed by atoms with E-state index in [1.54, 1.807) is 0 Å². The van der Waals surface area contributed by atoms with Crippen LogP contribution in [0, 0.1) is 0 Å². The molecule has 1 aromatic carbocycles. The first-order valence-corrected chi connectivity index (χ1v) is 6.39. The van der Waals surface area contributed by atoms with Crippen molar-refractivity contribution in [3.8, 4) is 11.5 Å². The Morgan fingerprint density at radius 2 is 1.67 bits per heavy atom. The number of benzene rings is 1. The number of carbonyl (C=O) groups excluding carboxylic acids is 2. The smallest absolute Gasteiger partial charge is 0.431 e. The lowest BCUT2D eigenvalue weighted by atomic mass is 9.76. The van der Waals surface area contributed by atoms with Crippen molar-refractivity contribution in [3.63, 3.8) is 0 Å². The van der Waals surface area contributed by atoms with Crippen LogP contribution in [0.15, 0.2) is 17.1 Å². The molecule has 0 bridgehead atoms. The number of halogens is 3. The Kier molecular flexibility index (Phi) is 4.17. The molecule has 0 saturated heterocycles. The van der Waals surface area contributed by atoms with Crippen LogP contribution in [-0.2, 0) is 24.5 Å². The molecule has 1 aromatic rings. The van der Waals surface area contributed by atoms with Crippen LogP contribution in [0.2, 0.25) is 0 Å². The molecule has 1 N–H and O–H groups in total. The van der Waals surface area contributed by atoms with Crippen LogP contribution < -0.4 is 4.74 Å². The molecule has 7 nitrogen and oxygen atoms in total. The number of aliphatic imine (C=N–C) groups is 1. The monoisotopic (exact) mass is 347 g/mol. The summed E-state index contributed by atoms with van der Waals surface area (Å²) in [6, 6.07) is 1.81. The van der Waals surface area contributed by atoms with E-state index in [-0.39, 0.29) is 5.75 Å². The molecule has 0 spiro atoms. The fraction of sp³-hybridized carbons (Fsp3) is 0.357. The van der Waals surface area contributed by atoms with Crippen LogP contribution in [0.25, 0.3) is 0 Å². The van der Waals surface area contributed by atoms with Gasteiger partial charge in [-0.05, 0) is 6.07 Å². The topological polar surface area (TPSA) is 94.4 Å². The lowest BCUT2D eigenvalue weighted by molar-refractivity contribution is -0.159. The van der Waals surface area contributed by atoms with Gasteiger partial charge in [0.2, 0.25) is 5.41 Å². The highest BCUT2D eigenvalue weighted by Crippen LogP contribution is 2.51. The van der Waals surface area contributed by atoms with Crippen molar-refractivity contribution >= 4 is 23.3 Å². The predicted molar refractivity (Wildman–Crippen MR) is 73.5 cm³/mol. The molecule has 0 fully saturated rings. The van der Waals surface area contributed by atoms with Crippen molar-refractivity contribution in [3.05, 3.63) is 17.7 Å². The Hall–Kier alpha value is -2.78. The minimum Gasteiger partial charge on any atom is -0.508 e. The van der Waals surface area contributed by atoms with Crippen molar-refractivity contribution in [1.29, 1.82) is 0 Å². The zero-order chi connectivity index (χ0) is 18.3. The van der Waals surface area contributed by atoms with Gasteiger partial charge in [-0.1, -0.05) is 0 Å². The summed E-state index contributed by atoms with van der Waals surface area (Å²) < 4.78 is 54.2. The highest BCUT2D eigenvalue weighted by molar-refractivity contribution is 6.32. The quantitative estimate of drug-likeness (QED) is 0.660. The maximum absolute atomic E-state index is 13.5. The second-order valence-corrected chi connectivity index (χ2v) is 4.74. The standard InChI is InChI=1S/C14H12F3NO6/c1-22-8-5-6(19)4-7-9(8)18-10(14(15,16)17)13(7,11(20)23-2)12(21)24-3/h4-5,19H,1-3H3. The predicted octanol–water partition coefficient (Wildman–Crippen LogP) is 1.63. The van der Waals surface area contributed by atoms with E-state index in [1.807, 2.05) is 0 Å². The van der Waals surface area contributed by atoms with E-state index in [0.29, 0.717) is 0 Å². The van der Waals surface area contributed by atoms with Gasteiger partial charge in [0.1, 0.15) is 17.2 Å². The summed E-state index contributed by atoms with van der Waals surface area (Å²) in [7, 11) is 2.77. The zero-order valence-corrected chi connectivity index (χ0v) is 12.7. The molecule has 0 aliphatic carbocycles. The second-order valence-electron chi connectivity index (χ2n) is 4.74. The lowest BCUT2D eigenvalue weighted by Gasteiger charge is -2.27. The average Bonchev–Trinajstić information content (AvgIpc) is 2.88. The third kappa shape index (κ3) is 2.25. The van der Waals surface area contributed by atoms with Crippen molar-refractivity contribution in [1.82, 2.24) is 0 Å². The van der Waals surface area contributed by atoms with Gasteiger partial charge in [0, 0.05) is 11.6 Å². The number of nitrogens with zero attached hydrogens (tertiary/aromatic N) is 1. The van der Waals surface area contributed by atoms with E-state index in [4.69, 9.17) is 4.74 Å². The summed E-state index contributed by atoms with van der Waals surface area (Å²) in [4.78, 5) is 27.9. The van der Waals surface area contributed by atoms with E-state index >= 15 is 0 Å². The zero-order valence-electron chi connectivity index (χ0n) is 12.7. The SMILES string of the molecule is COC(=O)C1(C(=O)OC)C(C(F)(F)F)=Nc2c(OC)cc(O)cc21. The van der Waals surface area contributed by atoms with Crippen molar-refractivity contribution in [2.45, 2.75) is 11.6 Å². The molecule has 1 heterocycles. The lowest BCUT2D eigenvalue weighted by Crippen LogP contribution is -2.54. The van der Waals surface area contributed by atoms with E-state index < -0.39 is 46.2 Å². The molecule has 0 unspecified atom stereocenters. The van der Waals surface area contributed by atoms with Gasteiger partial charge in [-0.2, -0.15) is 13.2 Å². The number of ether oxygens (including phenoxy) is 3. The number of alkyl halides is 3. The summed E-state index contributed by atoms with van der Waals surface area (Å²) in [6.07, 6.45) is -5.15. The fourth-order valence-electron chi connectivity index (χ4n) is 2.55. The van der Waals surface area contributed by atoms with Gasteiger partial charge in [-0.15, -0.1) is 0 Å². The molecule has 10 heteroatoms. The van der Waals surface area contributed by atoms with Crippen LogP contribution in [0.5, 0.6) is 11.5 Å². The van der Waals surface area contributed by atoms with Crippen molar-refractivity contribution in [2.75, 3.05) is 21.3 Å². The maximum Gasteiger partial charge on any atom is 0.431 e. The van der Waals surface area contributed by atoms with Gasteiger partial charge in [0.05, 0.1) is 21.3 Å². The fourth-order valence-corrected chi connectivity index (χ4v) is 2.55. The molecule has 2 rings (SSSR count). The number of rotatable bonds is 3. The molecule has 0 radical (unpaired) electrons. The molecule has 0 atom stereocenters. The van der Waals surface area contributed by atoms with Crippen LogP contribution >= 0.6 is 0 Å². The van der Waals surface area contributed by atoms with Crippen molar-refractivity contribution < 1.29 is 42.1 Å². The molecule has 130 valence electrons. The van der Waals surface area contributed by atoms with E-state index in [2.05, 4.69) is 14.5 Å². The van der Waals surface area contributed by atoms with E-state index in [1.165, 1.54) is 0 Å². The first-order valence-electron chi connectivity index (χ1n) is 6.39. The largest absolute Gasteiger partial charge is 0.508 e. The molecular weight excluding hydrogens is 335 g/mol. The molecule has 1 aliphatic rings. The number of hydrogen-bond acceptors (Lipinski definition) is 7. The Labute approximate surface area is 133 Å². The Bertz CT molecular complexity index is 725. The molecular formula is C14H12F3NO6. The average molecular weight is 347 g/mol. The van der Waals surface area contributed by atoms with Gasteiger partial charge in [0.25, 0.3) is 0 Å². The number of methoxy groups -OCH3 is 3. The number of aromatic hydroxyl groups is 1. The highest BCUT2D eigenvalue weighted by atomic mass is 19.4. The van der Waals surface area contributed by atoms with Gasteiger partial charge in [-0.3, -0.25) is 9.59 Å². The summed E-state index contributed by atoms with van der Waals surface area (Å²) in [5, 5.41) is 9.72. The van der Waals surface area contributed by atoms with Gasteiger partial charge >= 0.3 is 18.1 Å². The van der Waals surface area contributed by atoms with Crippen molar-refractivity contribution in [2.24, 2.45) is 4.99 Å². The van der Waals surface area contributed by atoms with Gasteiger partial charge in [-0.25, -0.2) is 4.99 Å².